The summed E-state index contributed by atoms with van der Waals surface area (Å²) in [5.74, 6) is -0.596. The van der Waals surface area contributed by atoms with E-state index in [0.29, 0.717) is 26.1 Å². The second kappa shape index (κ2) is 6.93. The summed E-state index contributed by atoms with van der Waals surface area (Å²) in [7, 11) is 0. The fourth-order valence-corrected chi connectivity index (χ4v) is 2.68. The lowest BCUT2D eigenvalue weighted by atomic mass is 10.1. The van der Waals surface area contributed by atoms with Gasteiger partial charge < -0.3 is 24.1 Å². The minimum atomic E-state index is -0.596. The SMILES string of the molecule is CC(C)(C)OC(=O)N1CC(O)CCC1OC[C@H]1COC(C)(C)O1. The third-order valence-electron chi connectivity index (χ3n) is 3.67. The van der Waals surface area contributed by atoms with Crippen LogP contribution in [0.2, 0.25) is 0 Å². The van der Waals surface area contributed by atoms with Gasteiger partial charge in [-0.15, -0.1) is 0 Å². The lowest BCUT2D eigenvalue weighted by molar-refractivity contribution is -0.160. The Morgan fingerprint density at radius 2 is 2.04 bits per heavy atom. The number of aliphatic hydroxyl groups is 1. The highest BCUT2D eigenvalue weighted by atomic mass is 16.7. The Labute approximate surface area is 137 Å². The second-order valence-corrected chi connectivity index (χ2v) is 7.60. The first-order valence-corrected chi connectivity index (χ1v) is 8.17. The number of amides is 1. The minimum absolute atomic E-state index is 0.155. The van der Waals surface area contributed by atoms with E-state index in [1.54, 1.807) is 0 Å². The van der Waals surface area contributed by atoms with Crippen molar-refractivity contribution in [2.45, 2.75) is 77.3 Å². The Hall–Kier alpha value is -0.890. The van der Waals surface area contributed by atoms with Crippen molar-refractivity contribution in [3.05, 3.63) is 0 Å². The van der Waals surface area contributed by atoms with Crippen molar-refractivity contribution in [3.8, 4) is 0 Å². The van der Waals surface area contributed by atoms with Crippen molar-refractivity contribution in [3.63, 3.8) is 0 Å². The quantitative estimate of drug-likeness (QED) is 0.851. The minimum Gasteiger partial charge on any atom is -0.444 e. The Morgan fingerprint density at radius 1 is 1.35 bits per heavy atom. The number of rotatable bonds is 3. The third kappa shape index (κ3) is 5.60. The number of hydrogen-bond donors (Lipinski definition) is 1. The monoisotopic (exact) mass is 331 g/mol. The van der Waals surface area contributed by atoms with Crippen LogP contribution in [0.25, 0.3) is 0 Å². The van der Waals surface area contributed by atoms with E-state index in [4.69, 9.17) is 18.9 Å². The van der Waals surface area contributed by atoms with Gasteiger partial charge in [0.2, 0.25) is 0 Å². The van der Waals surface area contributed by atoms with Crippen LogP contribution in [-0.4, -0.2) is 65.7 Å². The van der Waals surface area contributed by atoms with Crippen LogP contribution in [0.15, 0.2) is 0 Å². The van der Waals surface area contributed by atoms with E-state index in [1.807, 2.05) is 34.6 Å². The highest BCUT2D eigenvalue weighted by Crippen LogP contribution is 2.25. The normalized spacial score (nSPS) is 31.2. The van der Waals surface area contributed by atoms with Crippen molar-refractivity contribution < 1.29 is 28.8 Å². The lowest BCUT2D eigenvalue weighted by Gasteiger charge is -2.38. The molecule has 0 saturated carbocycles. The van der Waals surface area contributed by atoms with Gasteiger partial charge in [0.15, 0.2) is 5.79 Å². The van der Waals surface area contributed by atoms with Gasteiger partial charge in [0.1, 0.15) is 17.9 Å². The van der Waals surface area contributed by atoms with Crippen molar-refractivity contribution in [1.29, 1.82) is 0 Å². The Balaban J connectivity index is 1.91. The van der Waals surface area contributed by atoms with E-state index in [0.717, 1.165) is 0 Å². The number of nitrogens with zero attached hydrogens (tertiary/aromatic N) is 1. The van der Waals surface area contributed by atoms with Crippen molar-refractivity contribution in [2.75, 3.05) is 19.8 Å². The predicted molar refractivity (Wildman–Crippen MR) is 82.8 cm³/mol. The Kier molecular flexibility index (Phi) is 5.56. The maximum Gasteiger partial charge on any atom is 0.412 e. The van der Waals surface area contributed by atoms with E-state index in [9.17, 15) is 9.90 Å². The van der Waals surface area contributed by atoms with Gasteiger partial charge in [-0.2, -0.15) is 0 Å². The molecule has 1 amide bonds. The Bertz CT molecular complexity index is 419. The molecule has 2 rings (SSSR count). The molecule has 7 heteroatoms. The predicted octanol–water partition coefficient (Wildman–Crippen LogP) is 1.87. The van der Waals surface area contributed by atoms with Crippen LogP contribution in [0.1, 0.15) is 47.5 Å². The summed E-state index contributed by atoms with van der Waals surface area (Å²) >= 11 is 0. The molecule has 1 N–H and O–H groups in total. The van der Waals surface area contributed by atoms with Crippen LogP contribution in [-0.2, 0) is 18.9 Å². The zero-order valence-electron chi connectivity index (χ0n) is 14.7. The molecular formula is C16H29NO6. The van der Waals surface area contributed by atoms with E-state index in [-0.39, 0.29) is 12.6 Å². The second-order valence-electron chi connectivity index (χ2n) is 7.60. The van der Waals surface area contributed by atoms with Gasteiger partial charge in [-0.1, -0.05) is 0 Å². The first-order valence-electron chi connectivity index (χ1n) is 8.17. The Morgan fingerprint density at radius 3 is 2.61 bits per heavy atom. The summed E-state index contributed by atoms with van der Waals surface area (Å²) in [6.07, 6.45) is -0.426. The van der Waals surface area contributed by atoms with Gasteiger partial charge >= 0.3 is 6.09 Å². The number of ether oxygens (including phenoxy) is 4. The van der Waals surface area contributed by atoms with Crippen LogP contribution in [0, 0.1) is 0 Å². The van der Waals surface area contributed by atoms with Gasteiger partial charge in [-0.3, -0.25) is 4.90 Å². The first-order chi connectivity index (χ1) is 10.6. The molecule has 7 nitrogen and oxygen atoms in total. The number of hydrogen-bond acceptors (Lipinski definition) is 6. The maximum atomic E-state index is 12.3. The van der Waals surface area contributed by atoms with E-state index in [2.05, 4.69) is 0 Å². The highest BCUT2D eigenvalue weighted by molar-refractivity contribution is 5.68. The highest BCUT2D eigenvalue weighted by Gasteiger charge is 2.37. The topological polar surface area (TPSA) is 77.5 Å². The number of carbonyl (C=O) groups is 1. The number of piperidine rings is 1. The number of β-amino-alcohol motifs (C(OH)–C–C–N with tert-alkyl or cyclic N) is 1. The molecule has 2 heterocycles. The van der Waals surface area contributed by atoms with Crippen molar-refractivity contribution >= 4 is 6.09 Å². The average Bonchev–Trinajstić information content (AvgIpc) is 2.75. The molecule has 134 valence electrons. The van der Waals surface area contributed by atoms with Gasteiger partial charge in [-0.25, -0.2) is 4.79 Å². The van der Waals surface area contributed by atoms with Crippen LogP contribution >= 0.6 is 0 Å². The zero-order valence-corrected chi connectivity index (χ0v) is 14.7. The number of likely N-dealkylation sites (tertiary alicyclic amines) is 1. The molecule has 0 aliphatic carbocycles. The largest absolute Gasteiger partial charge is 0.444 e. The number of aliphatic hydroxyl groups excluding tert-OH is 1. The molecule has 0 radical (unpaired) electrons. The number of carbonyl (C=O) groups excluding carboxylic acids is 1. The molecule has 0 aromatic rings. The van der Waals surface area contributed by atoms with Gasteiger partial charge in [0, 0.05) is 0 Å². The van der Waals surface area contributed by atoms with E-state index < -0.39 is 29.8 Å². The molecule has 23 heavy (non-hydrogen) atoms. The zero-order chi connectivity index (χ0) is 17.3. The summed E-state index contributed by atoms with van der Waals surface area (Å²) in [6, 6.07) is 0. The van der Waals surface area contributed by atoms with E-state index in [1.165, 1.54) is 4.90 Å². The van der Waals surface area contributed by atoms with Crippen LogP contribution in [0.3, 0.4) is 0 Å². The molecule has 2 unspecified atom stereocenters. The first kappa shape index (κ1) is 18.4. The molecule has 0 spiro atoms. The summed E-state index contributed by atoms with van der Waals surface area (Å²) in [5.41, 5.74) is -0.587. The van der Waals surface area contributed by atoms with Crippen molar-refractivity contribution in [2.24, 2.45) is 0 Å². The van der Waals surface area contributed by atoms with Gasteiger partial charge in [0.05, 0.1) is 25.9 Å². The van der Waals surface area contributed by atoms with Crippen LogP contribution in [0.5, 0.6) is 0 Å². The van der Waals surface area contributed by atoms with Crippen LogP contribution < -0.4 is 0 Å². The fraction of sp³-hybridized carbons (Fsp3) is 0.938. The molecule has 2 aliphatic rings. The molecule has 3 atom stereocenters. The summed E-state index contributed by atoms with van der Waals surface area (Å²) < 4.78 is 22.5. The molecule has 2 fully saturated rings. The smallest absolute Gasteiger partial charge is 0.412 e. The average molecular weight is 331 g/mol. The fourth-order valence-electron chi connectivity index (χ4n) is 2.68. The standard InChI is InChI=1S/C16H29NO6/c1-15(2,3)23-14(19)17-8-11(18)6-7-13(17)20-9-12-10-21-16(4,5)22-12/h11-13,18H,6-10H2,1-5H3/t11?,12-,13?/m0/s1. The van der Waals surface area contributed by atoms with Gasteiger partial charge in [0.25, 0.3) is 0 Å². The molecule has 0 bridgehead atoms. The third-order valence-corrected chi connectivity index (χ3v) is 3.67. The summed E-state index contributed by atoms with van der Waals surface area (Å²) in [6.45, 7) is 10.2. The molecular weight excluding hydrogens is 302 g/mol. The van der Waals surface area contributed by atoms with Crippen LogP contribution in [0.4, 0.5) is 4.79 Å². The summed E-state index contributed by atoms with van der Waals surface area (Å²) in [4.78, 5) is 13.8. The maximum absolute atomic E-state index is 12.3. The van der Waals surface area contributed by atoms with Crippen molar-refractivity contribution in [1.82, 2.24) is 4.90 Å². The molecule has 2 aliphatic heterocycles. The molecule has 0 aromatic carbocycles. The summed E-state index contributed by atoms with van der Waals surface area (Å²) in [5, 5.41) is 9.84. The van der Waals surface area contributed by atoms with Gasteiger partial charge in [-0.05, 0) is 47.5 Å². The molecule has 2 saturated heterocycles. The van der Waals surface area contributed by atoms with E-state index >= 15 is 0 Å². The molecule has 0 aromatic heterocycles. The lowest BCUT2D eigenvalue weighted by Crippen LogP contribution is -2.52.